The van der Waals surface area contributed by atoms with Crippen LogP contribution in [0.2, 0.25) is 0 Å². The van der Waals surface area contributed by atoms with Gasteiger partial charge < -0.3 is 22.1 Å². The van der Waals surface area contributed by atoms with Gasteiger partial charge in [-0.05, 0) is 61.0 Å². The molecule has 0 bridgehead atoms. The lowest BCUT2D eigenvalue weighted by Crippen LogP contribution is -2.22. The average molecular weight is 292 g/mol. The second kappa shape index (κ2) is 5.95. The number of nitrogens with two attached hydrogens (primary N) is 3. The quantitative estimate of drug-likeness (QED) is 0.759. The molecule has 0 heterocycles. The molecule has 3 rings (SSSR count). The van der Waals surface area contributed by atoms with Gasteiger partial charge in [0.15, 0.2) is 0 Å². The molecule has 4 nitrogen and oxygen atoms in total. The number of hydrogen-bond acceptors (Lipinski definition) is 4. The Balaban J connectivity index is 2.04. The van der Waals surface area contributed by atoms with Crippen LogP contribution in [0.4, 0.5) is 22.7 Å². The molecule has 22 heavy (non-hydrogen) atoms. The van der Waals surface area contributed by atoms with Crippen LogP contribution < -0.4 is 22.1 Å². The van der Waals surface area contributed by atoms with E-state index in [9.17, 15) is 0 Å². The summed E-state index contributed by atoms with van der Waals surface area (Å²) in [6, 6.07) is 15.7. The van der Waals surface area contributed by atoms with Crippen LogP contribution in [0.25, 0.3) is 0 Å². The third kappa shape index (κ3) is 2.97. The van der Waals surface area contributed by atoms with E-state index in [2.05, 4.69) is 17.1 Å². The molecule has 0 fully saturated rings. The highest BCUT2D eigenvalue weighted by Gasteiger charge is 2.15. The molecule has 0 saturated carbocycles. The normalized spacial score (nSPS) is 17.1. The van der Waals surface area contributed by atoms with Gasteiger partial charge >= 0.3 is 0 Å². The lowest BCUT2D eigenvalue weighted by atomic mass is 10.1. The van der Waals surface area contributed by atoms with Crippen molar-refractivity contribution < 1.29 is 0 Å². The van der Waals surface area contributed by atoms with Crippen molar-refractivity contribution >= 4 is 22.7 Å². The van der Waals surface area contributed by atoms with Crippen molar-refractivity contribution in [2.45, 2.75) is 12.5 Å². The van der Waals surface area contributed by atoms with E-state index >= 15 is 0 Å². The van der Waals surface area contributed by atoms with Gasteiger partial charge in [0.05, 0.1) is 0 Å². The van der Waals surface area contributed by atoms with Crippen LogP contribution in [-0.2, 0) is 0 Å². The molecule has 4 heteroatoms. The molecule has 1 unspecified atom stereocenters. The topological polar surface area (TPSA) is 81.3 Å². The number of hydrogen-bond donors (Lipinski definition) is 3. The molecule has 0 aliphatic heterocycles. The molecule has 1 aliphatic rings. The van der Waals surface area contributed by atoms with Gasteiger partial charge in [-0.15, -0.1) is 0 Å². The summed E-state index contributed by atoms with van der Waals surface area (Å²) in [6.45, 7) is 0. The van der Waals surface area contributed by atoms with Gasteiger partial charge in [-0.3, -0.25) is 0 Å². The van der Waals surface area contributed by atoms with E-state index < -0.39 is 0 Å². The Hall–Kier alpha value is -2.72. The fourth-order valence-corrected chi connectivity index (χ4v) is 2.49. The maximum Gasteiger partial charge on any atom is 0.0462 e. The Bertz CT molecular complexity index is 653. The minimum absolute atomic E-state index is 0.0865. The minimum Gasteiger partial charge on any atom is -0.399 e. The van der Waals surface area contributed by atoms with Crippen LogP contribution in [0, 0.1) is 0 Å². The fourth-order valence-electron chi connectivity index (χ4n) is 2.49. The Kier molecular flexibility index (Phi) is 3.85. The number of nitrogens with zero attached hydrogens (tertiary/aromatic N) is 1. The highest BCUT2D eigenvalue weighted by Crippen LogP contribution is 2.32. The zero-order valence-electron chi connectivity index (χ0n) is 12.3. The van der Waals surface area contributed by atoms with Crippen LogP contribution in [0.15, 0.2) is 72.5 Å². The molecular formula is C18H20N4. The molecule has 2 aromatic rings. The van der Waals surface area contributed by atoms with E-state index in [-0.39, 0.29) is 6.04 Å². The summed E-state index contributed by atoms with van der Waals surface area (Å²) in [4.78, 5) is 2.17. The highest BCUT2D eigenvalue weighted by atomic mass is 15.1. The highest BCUT2D eigenvalue weighted by molar-refractivity contribution is 5.72. The van der Waals surface area contributed by atoms with Gasteiger partial charge in [-0.2, -0.15) is 0 Å². The summed E-state index contributed by atoms with van der Waals surface area (Å²) in [7, 11) is 0. The molecule has 0 radical (unpaired) electrons. The van der Waals surface area contributed by atoms with E-state index in [1.54, 1.807) is 0 Å². The largest absolute Gasteiger partial charge is 0.399 e. The molecule has 0 spiro atoms. The van der Waals surface area contributed by atoms with Gasteiger partial charge in [-0.1, -0.05) is 12.2 Å². The fraction of sp³-hybridized carbons (Fsp3) is 0.111. The maximum atomic E-state index is 5.93. The summed E-state index contributed by atoms with van der Waals surface area (Å²) >= 11 is 0. The Labute approximate surface area is 130 Å². The molecular weight excluding hydrogens is 272 g/mol. The predicted molar refractivity (Wildman–Crippen MR) is 93.7 cm³/mol. The zero-order valence-corrected chi connectivity index (χ0v) is 12.3. The molecule has 2 aromatic carbocycles. The number of rotatable bonds is 3. The molecule has 1 atom stereocenters. The van der Waals surface area contributed by atoms with Gasteiger partial charge in [0.25, 0.3) is 0 Å². The summed E-state index contributed by atoms with van der Waals surface area (Å²) in [6.07, 6.45) is 7.06. The zero-order chi connectivity index (χ0) is 15.5. The first-order chi connectivity index (χ1) is 10.6. The molecule has 0 saturated heterocycles. The van der Waals surface area contributed by atoms with Crippen molar-refractivity contribution in [3.8, 4) is 0 Å². The Morgan fingerprint density at radius 1 is 0.818 bits per heavy atom. The first-order valence-electron chi connectivity index (χ1n) is 7.28. The van der Waals surface area contributed by atoms with Crippen LogP contribution in [0.5, 0.6) is 0 Å². The van der Waals surface area contributed by atoms with Crippen LogP contribution in [-0.4, -0.2) is 6.04 Å². The van der Waals surface area contributed by atoms with Crippen molar-refractivity contribution in [3.05, 3.63) is 72.5 Å². The smallest absolute Gasteiger partial charge is 0.0462 e. The van der Waals surface area contributed by atoms with Gasteiger partial charge in [-0.25, -0.2) is 0 Å². The first-order valence-corrected chi connectivity index (χ1v) is 7.28. The SMILES string of the molecule is Nc1ccc(N(C2=CCC(N)C=C2)c2ccc(N)cc2)cc1. The Morgan fingerprint density at radius 3 is 1.73 bits per heavy atom. The van der Waals surface area contributed by atoms with Gasteiger partial charge in [0.2, 0.25) is 0 Å². The van der Waals surface area contributed by atoms with Crippen molar-refractivity contribution in [2.75, 3.05) is 16.4 Å². The van der Waals surface area contributed by atoms with E-state index in [4.69, 9.17) is 17.2 Å². The van der Waals surface area contributed by atoms with Crippen molar-refractivity contribution in [1.29, 1.82) is 0 Å². The molecule has 1 aliphatic carbocycles. The second-order valence-corrected chi connectivity index (χ2v) is 5.41. The van der Waals surface area contributed by atoms with Crippen molar-refractivity contribution in [2.24, 2.45) is 5.73 Å². The summed E-state index contributed by atoms with van der Waals surface area (Å²) < 4.78 is 0. The van der Waals surface area contributed by atoms with Crippen LogP contribution in [0.3, 0.4) is 0 Å². The number of benzene rings is 2. The third-order valence-corrected chi connectivity index (χ3v) is 3.67. The summed E-state index contributed by atoms with van der Waals surface area (Å²) in [5, 5.41) is 0. The van der Waals surface area contributed by atoms with E-state index in [0.29, 0.717) is 0 Å². The number of anilines is 4. The molecule has 6 N–H and O–H groups in total. The summed E-state index contributed by atoms with van der Waals surface area (Å²) in [5.74, 6) is 0. The van der Waals surface area contributed by atoms with Crippen LogP contribution >= 0.6 is 0 Å². The van der Waals surface area contributed by atoms with Crippen molar-refractivity contribution in [1.82, 2.24) is 0 Å². The number of allylic oxidation sites excluding steroid dienone is 1. The van der Waals surface area contributed by atoms with E-state index in [1.165, 1.54) is 0 Å². The summed E-state index contributed by atoms with van der Waals surface area (Å²) in [5.41, 5.74) is 22.2. The van der Waals surface area contributed by atoms with E-state index in [0.717, 1.165) is 34.9 Å². The molecule has 112 valence electrons. The van der Waals surface area contributed by atoms with Crippen LogP contribution in [0.1, 0.15) is 6.42 Å². The van der Waals surface area contributed by atoms with Crippen molar-refractivity contribution in [3.63, 3.8) is 0 Å². The Morgan fingerprint density at radius 2 is 1.32 bits per heavy atom. The maximum absolute atomic E-state index is 5.93. The van der Waals surface area contributed by atoms with E-state index in [1.807, 2.05) is 54.6 Å². The van der Waals surface area contributed by atoms with Gasteiger partial charge in [0.1, 0.15) is 0 Å². The minimum atomic E-state index is 0.0865. The molecule has 0 aromatic heterocycles. The first kappa shape index (κ1) is 14.2. The lowest BCUT2D eigenvalue weighted by Gasteiger charge is -2.28. The predicted octanol–water partition coefficient (Wildman–Crippen LogP) is 3.16. The molecule has 0 amide bonds. The van der Waals surface area contributed by atoms with Gasteiger partial charge in [0, 0.05) is 34.5 Å². The standard InChI is InChI=1S/C18H20N4/c19-13-1-7-16(8-2-13)22(17-9-3-14(20)4-10-17)18-11-5-15(21)6-12-18/h1-5,7-12,15H,6,19-21H2. The number of nitrogen functional groups attached to an aromatic ring is 2. The second-order valence-electron chi connectivity index (χ2n) is 5.41. The third-order valence-electron chi connectivity index (χ3n) is 3.67. The monoisotopic (exact) mass is 292 g/mol. The lowest BCUT2D eigenvalue weighted by molar-refractivity contribution is 0.814. The average Bonchev–Trinajstić information content (AvgIpc) is 2.53.